The average Bonchev–Trinajstić information content (AvgIpc) is 3.11. The molecule has 4 rings (SSSR count). The molecule has 2 aromatic carbocycles. The highest BCUT2D eigenvalue weighted by Crippen LogP contribution is 2.44. The van der Waals surface area contributed by atoms with E-state index in [4.69, 9.17) is 9.47 Å². The highest BCUT2D eigenvalue weighted by Gasteiger charge is 2.36. The summed E-state index contributed by atoms with van der Waals surface area (Å²) < 4.78 is 10.9. The number of alkyl carbamates (subject to hydrolysis) is 1. The van der Waals surface area contributed by atoms with Crippen molar-refractivity contribution >= 4 is 18.0 Å². The smallest absolute Gasteiger partial charge is 0.407 e. The van der Waals surface area contributed by atoms with Crippen LogP contribution >= 0.6 is 0 Å². The van der Waals surface area contributed by atoms with Crippen LogP contribution in [0, 0.1) is 0 Å². The van der Waals surface area contributed by atoms with Crippen molar-refractivity contribution in [2.24, 2.45) is 0 Å². The zero-order valence-electron chi connectivity index (χ0n) is 19.2. The van der Waals surface area contributed by atoms with Gasteiger partial charge in [0.05, 0.1) is 12.0 Å². The van der Waals surface area contributed by atoms with Crippen LogP contribution in [0.25, 0.3) is 11.1 Å². The van der Waals surface area contributed by atoms with Gasteiger partial charge < -0.3 is 25.2 Å². The molecule has 0 radical (unpaired) electrons. The molecule has 2 amide bonds. The Morgan fingerprint density at radius 3 is 2.24 bits per heavy atom. The summed E-state index contributed by atoms with van der Waals surface area (Å²) in [6, 6.07) is 15.7. The summed E-state index contributed by atoms with van der Waals surface area (Å²) in [5.41, 5.74) is 3.75. The molecule has 2 aromatic rings. The molecule has 180 valence electrons. The van der Waals surface area contributed by atoms with E-state index in [1.54, 1.807) is 6.92 Å². The van der Waals surface area contributed by atoms with Gasteiger partial charge in [-0.25, -0.2) is 4.79 Å². The monoisotopic (exact) mass is 466 g/mol. The molecule has 8 heteroatoms. The molecule has 1 heterocycles. The molecule has 8 nitrogen and oxygen atoms in total. The van der Waals surface area contributed by atoms with Crippen LogP contribution in [0.15, 0.2) is 48.5 Å². The molecule has 1 fully saturated rings. The number of amides is 2. The highest BCUT2D eigenvalue weighted by atomic mass is 16.5. The normalized spacial score (nSPS) is 17.2. The van der Waals surface area contributed by atoms with Crippen molar-refractivity contribution in [3.05, 3.63) is 59.7 Å². The van der Waals surface area contributed by atoms with Crippen molar-refractivity contribution < 1.29 is 29.0 Å². The van der Waals surface area contributed by atoms with Gasteiger partial charge in [0, 0.05) is 31.6 Å². The Morgan fingerprint density at radius 1 is 1.06 bits per heavy atom. The van der Waals surface area contributed by atoms with Crippen molar-refractivity contribution in [1.82, 2.24) is 10.6 Å². The number of aliphatic carboxylic acids is 1. The SMILES string of the molecule is C[C@@H](CC(=O)NC1(CC(=O)O)CCOCC1)NC(=O)OCC1c2ccccc2-c2ccccc21. The molecular formula is C26H30N2O6. The number of rotatable bonds is 8. The van der Waals surface area contributed by atoms with E-state index in [-0.39, 0.29) is 31.3 Å². The molecule has 3 N–H and O–H groups in total. The summed E-state index contributed by atoms with van der Waals surface area (Å²) in [7, 11) is 0. The first-order valence-corrected chi connectivity index (χ1v) is 11.6. The molecule has 0 saturated carbocycles. The van der Waals surface area contributed by atoms with Crippen LogP contribution in [-0.2, 0) is 19.1 Å². The van der Waals surface area contributed by atoms with Gasteiger partial charge in [0.25, 0.3) is 0 Å². The van der Waals surface area contributed by atoms with Crippen LogP contribution in [-0.4, -0.2) is 54.5 Å². The topological polar surface area (TPSA) is 114 Å². The summed E-state index contributed by atoms with van der Waals surface area (Å²) in [6.07, 6.45) is 0.162. The Labute approximate surface area is 198 Å². The Balaban J connectivity index is 1.30. The maximum Gasteiger partial charge on any atom is 0.407 e. The Bertz CT molecular complexity index is 1020. The molecule has 1 aliphatic carbocycles. The number of carbonyl (C=O) groups is 3. The number of carbonyl (C=O) groups excluding carboxylic acids is 2. The van der Waals surface area contributed by atoms with Crippen molar-refractivity contribution in [3.8, 4) is 11.1 Å². The van der Waals surface area contributed by atoms with E-state index in [0.717, 1.165) is 22.3 Å². The maximum absolute atomic E-state index is 12.6. The fourth-order valence-electron chi connectivity index (χ4n) is 4.91. The number of hydrogen-bond acceptors (Lipinski definition) is 5. The summed E-state index contributed by atoms with van der Waals surface area (Å²) >= 11 is 0. The third kappa shape index (κ3) is 5.39. The van der Waals surface area contributed by atoms with Crippen LogP contribution in [0.5, 0.6) is 0 Å². The molecule has 0 unspecified atom stereocenters. The van der Waals surface area contributed by atoms with E-state index in [1.807, 2.05) is 24.3 Å². The van der Waals surface area contributed by atoms with Gasteiger partial charge in [-0.05, 0) is 42.0 Å². The van der Waals surface area contributed by atoms with Gasteiger partial charge in [-0.1, -0.05) is 48.5 Å². The fraction of sp³-hybridized carbons (Fsp3) is 0.423. The highest BCUT2D eigenvalue weighted by molar-refractivity contribution is 5.80. The molecule has 0 bridgehead atoms. The predicted molar refractivity (Wildman–Crippen MR) is 125 cm³/mol. The van der Waals surface area contributed by atoms with E-state index < -0.39 is 23.6 Å². The van der Waals surface area contributed by atoms with Gasteiger partial charge in [0.2, 0.25) is 5.91 Å². The van der Waals surface area contributed by atoms with Gasteiger partial charge >= 0.3 is 12.1 Å². The van der Waals surface area contributed by atoms with Crippen molar-refractivity contribution in [1.29, 1.82) is 0 Å². The lowest BCUT2D eigenvalue weighted by atomic mass is 9.86. The molecule has 1 atom stereocenters. The second-order valence-corrected chi connectivity index (χ2v) is 9.09. The second kappa shape index (κ2) is 10.3. The van der Waals surface area contributed by atoms with Gasteiger partial charge in [-0.3, -0.25) is 9.59 Å². The zero-order chi connectivity index (χ0) is 24.1. The lowest BCUT2D eigenvalue weighted by Crippen LogP contribution is -2.54. The molecule has 2 aliphatic rings. The van der Waals surface area contributed by atoms with Crippen molar-refractivity contribution in [2.45, 2.75) is 50.1 Å². The number of carboxylic acid groups (broad SMARTS) is 1. The Kier molecular flexibility index (Phi) is 7.17. The summed E-state index contributed by atoms with van der Waals surface area (Å²) in [4.78, 5) is 36.3. The van der Waals surface area contributed by atoms with Gasteiger partial charge in [-0.15, -0.1) is 0 Å². The quantitative estimate of drug-likeness (QED) is 0.549. The second-order valence-electron chi connectivity index (χ2n) is 9.09. The molecule has 0 aromatic heterocycles. The minimum Gasteiger partial charge on any atom is -0.481 e. The van der Waals surface area contributed by atoms with Crippen LogP contribution < -0.4 is 10.6 Å². The van der Waals surface area contributed by atoms with Crippen molar-refractivity contribution in [2.75, 3.05) is 19.8 Å². The molecule has 1 saturated heterocycles. The van der Waals surface area contributed by atoms with Crippen LogP contribution in [0.4, 0.5) is 4.79 Å². The summed E-state index contributed by atoms with van der Waals surface area (Å²) in [5.74, 6) is -1.32. The van der Waals surface area contributed by atoms with Gasteiger partial charge in [0.15, 0.2) is 0 Å². The minimum absolute atomic E-state index is 0.0203. The van der Waals surface area contributed by atoms with Gasteiger partial charge in [-0.2, -0.15) is 0 Å². The van der Waals surface area contributed by atoms with E-state index >= 15 is 0 Å². The average molecular weight is 467 g/mol. The number of hydrogen-bond donors (Lipinski definition) is 3. The fourth-order valence-corrected chi connectivity index (χ4v) is 4.91. The number of ether oxygens (including phenoxy) is 2. The minimum atomic E-state index is -0.966. The van der Waals surface area contributed by atoms with E-state index in [0.29, 0.717) is 26.1 Å². The van der Waals surface area contributed by atoms with Crippen LogP contribution in [0.2, 0.25) is 0 Å². The van der Waals surface area contributed by atoms with Crippen LogP contribution in [0.1, 0.15) is 49.7 Å². The number of nitrogens with one attached hydrogen (secondary N) is 2. The molecule has 0 spiro atoms. The van der Waals surface area contributed by atoms with E-state index in [1.165, 1.54) is 0 Å². The lowest BCUT2D eigenvalue weighted by Gasteiger charge is -2.37. The number of fused-ring (bicyclic) bond motifs is 3. The predicted octanol–water partition coefficient (Wildman–Crippen LogP) is 3.44. The molecule has 1 aliphatic heterocycles. The first-order valence-electron chi connectivity index (χ1n) is 11.6. The standard InChI is InChI=1S/C26H30N2O6/c1-17(14-23(29)28-26(15-24(30)31)10-12-33-13-11-26)27-25(32)34-16-22-20-8-4-2-6-18(20)19-7-3-5-9-21(19)22/h2-9,17,22H,10-16H2,1H3,(H,27,32)(H,28,29)(H,30,31)/t17-/m0/s1. The van der Waals surface area contributed by atoms with E-state index in [2.05, 4.69) is 34.9 Å². The summed E-state index contributed by atoms with van der Waals surface area (Å²) in [6.45, 7) is 2.72. The summed E-state index contributed by atoms with van der Waals surface area (Å²) in [5, 5.41) is 14.8. The van der Waals surface area contributed by atoms with Crippen LogP contribution in [0.3, 0.4) is 0 Å². The Morgan fingerprint density at radius 2 is 1.65 bits per heavy atom. The van der Waals surface area contributed by atoms with E-state index in [9.17, 15) is 19.5 Å². The van der Waals surface area contributed by atoms with Crippen molar-refractivity contribution in [3.63, 3.8) is 0 Å². The lowest BCUT2D eigenvalue weighted by molar-refractivity contribution is -0.140. The number of carboxylic acids is 1. The number of benzene rings is 2. The third-order valence-corrected chi connectivity index (χ3v) is 6.54. The zero-order valence-corrected chi connectivity index (χ0v) is 19.2. The molecular weight excluding hydrogens is 436 g/mol. The molecule has 34 heavy (non-hydrogen) atoms. The third-order valence-electron chi connectivity index (χ3n) is 6.54. The first kappa shape index (κ1) is 23.8. The van der Waals surface area contributed by atoms with Gasteiger partial charge in [0.1, 0.15) is 6.61 Å². The maximum atomic E-state index is 12.6. The Hall–Kier alpha value is -3.39. The largest absolute Gasteiger partial charge is 0.481 e. The first-order chi connectivity index (χ1) is 16.4.